The van der Waals surface area contributed by atoms with Crippen molar-refractivity contribution in [2.45, 2.75) is 26.9 Å². The van der Waals surface area contributed by atoms with Gasteiger partial charge in [0, 0.05) is 25.4 Å². The number of aryl methyl sites for hydroxylation is 1. The first-order valence-corrected chi connectivity index (χ1v) is 6.89. The van der Waals surface area contributed by atoms with Crippen LogP contribution >= 0.6 is 0 Å². The molecule has 1 N–H and O–H groups in total. The fraction of sp³-hybridized carbons (Fsp3) is 0.312. The topological polar surface area (TPSA) is 43.3 Å². The first-order valence-electron chi connectivity index (χ1n) is 6.89. The minimum absolute atomic E-state index is 0.0270. The number of hydrogen-bond acceptors (Lipinski definition) is 3. The summed E-state index contributed by atoms with van der Waals surface area (Å²) < 4.78 is 7.09. The highest BCUT2D eigenvalue weighted by atomic mass is 16.5. The SMILES string of the molecule is CCOc1ccc(CNc2ccc(=O)n(CC)c2)cc1. The maximum Gasteiger partial charge on any atom is 0.250 e. The molecule has 0 saturated carbocycles. The van der Waals surface area contributed by atoms with Crippen molar-refractivity contribution in [3.8, 4) is 5.75 Å². The third-order valence-electron chi connectivity index (χ3n) is 3.06. The average molecular weight is 272 g/mol. The molecule has 0 aliphatic rings. The van der Waals surface area contributed by atoms with E-state index in [-0.39, 0.29) is 5.56 Å². The lowest BCUT2D eigenvalue weighted by Gasteiger charge is -2.09. The molecule has 0 spiro atoms. The molecule has 106 valence electrons. The lowest BCUT2D eigenvalue weighted by Crippen LogP contribution is -2.17. The second kappa shape index (κ2) is 6.80. The Morgan fingerprint density at radius 1 is 1.10 bits per heavy atom. The van der Waals surface area contributed by atoms with Crippen molar-refractivity contribution in [1.82, 2.24) is 4.57 Å². The first-order chi connectivity index (χ1) is 9.72. The summed E-state index contributed by atoms with van der Waals surface area (Å²) in [6, 6.07) is 11.4. The second-order valence-corrected chi connectivity index (χ2v) is 4.47. The zero-order chi connectivity index (χ0) is 14.4. The predicted octanol–water partition coefficient (Wildman–Crippen LogP) is 2.88. The van der Waals surface area contributed by atoms with Gasteiger partial charge in [-0.25, -0.2) is 0 Å². The van der Waals surface area contributed by atoms with Gasteiger partial charge in [0.05, 0.1) is 12.3 Å². The smallest absolute Gasteiger partial charge is 0.250 e. The largest absolute Gasteiger partial charge is 0.494 e. The van der Waals surface area contributed by atoms with E-state index in [9.17, 15) is 4.79 Å². The lowest BCUT2D eigenvalue weighted by molar-refractivity contribution is 0.340. The van der Waals surface area contributed by atoms with Gasteiger partial charge in [-0.3, -0.25) is 4.79 Å². The summed E-state index contributed by atoms with van der Waals surface area (Å²) >= 11 is 0. The van der Waals surface area contributed by atoms with Gasteiger partial charge in [0.2, 0.25) is 0 Å². The minimum Gasteiger partial charge on any atom is -0.494 e. The van der Waals surface area contributed by atoms with E-state index in [2.05, 4.69) is 5.32 Å². The van der Waals surface area contributed by atoms with Crippen molar-refractivity contribution < 1.29 is 4.74 Å². The Bertz CT molecular complexity index is 603. The first kappa shape index (κ1) is 14.2. The highest BCUT2D eigenvalue weighted by Crippen LogP contribution is 2.13. The van der Waals surface area contributed by atoms with Crippen molar-refractivity contribution in [1.29, 1.82) is 0 Å². The number of benzene rings is 1. The monoisotopic (exact) mass is 272 g/mol. The Hall–Kier alpha value is -2.23. The van der Waals surface area contributed by atoms with E-state index in [0.717, 1.165) is 11.4 Å². The van der Waals surface area contributed by atoms with Crippen LogP contribution in [0.1, 0.15) is 19.4 Å². The van der Waals surface area contributed by atoms with Gasteiger partial charge >= 0.3 is 0 Å². The quantitative estimate of drug-likeness (QED) is 0.879. The van der Waals surface area contributed by atoms with Crippen LogP contribution < -0.4 is 15.6 Å². The Morgan fingerprint density at radius 2 is 1.85 bits per heavy atom. The average Bonchev–Trinajstić information content (AvgIpc) is 2.48. The molecule has 0 aliphatic heterocycles. The summed E-state index contributed by atoms with van der Waals surface area (Å²) in [7, 11) is 0. The Kier molecular flexibility index (Phi) is 4.82. The van der Waals surface area contributed by atoms with E-state index in [1.54, 1.807) is 10.6 Å². The number of pyridine rings is 1. The van der Waals surface area contributed by atoms with E-state index >= 15 is 0 Å². The number of nitrogens with one attached hydrogen (secondary N) is 1. The summed E-state index contributed by atoms with van der Waals surface area (Å²) in [6.07, 6.45) is 1.84. The van der Waals surface area contributed by atoms with Crippen molar-refractivity contribution in [3.05, 3.63) is 58.5 Å². The lowest BCUT2D eigenvalue weighted by atomic mass is 10.2. The van der Waals surface area contributed by atoms with Gasteiger partial charge in [0.1, 0.15) is 5.75 Å². The molecular weight excluding hydrogens is 252 g/mol. The summed E-state index contributed by atoms with van der Waals surface area (Å²) in [4.78, 5) is 11.5. The van der Waals surface area contributed by atoms with Gasteiger partial charge in [0.25, 0.3) is 5.56 Å². The van der Waals surface area contributed by atoms with Crippen molar-refractivity contribution in [2.24, 2.45) is 0 Å². The molecule has 2 rings (SSSR count). The predicted molar refractivity (Wildman–Crippen MR) is 81.3 cm³/mol. The molecule has 4 nitrogen and oxygen atoms in total. The Morgan fingerprint density at radius 3 is 2.50 bits per heavy atom. The molecule has 1 aromatic carbocycles. The van der Waals surface area contributed by atoms with E-state index in [1.807, 2.05) is 50.4 Å². The van der Waals surface area contributed by atoms with Crippen LogP contribution in [0, 0.1) is 0 Å². The van der Waals surface area contributed by atoms with Crippen LogP contribution in [-0.4, -0.2) is 11.2 Å². The molecule has 20 heavy (non-hydrogen) atoms. The fourth-order valence-electron chi connectivity index (χ4n) is 1.96. The maximum atomic E-state index is 11.5. The molecule has 1 heterocycles. The van der Waals surface area contributed by atoms with Gasteiger partial charge in [-0.1, -0.05) is 12.1 Å². The maximum absolute atomic E-state index is 11.5. The van der Waals surface area contributed by atoms with Crippen LogP contribution in [-0.2, 0) is 13.1 Å². The standard InChI is InChI=1S/C16H20N2O2/c1-3-18-12-14(7-10-16(18)19)17-11-13-5-8-15(9-6-13)20-4-2/h5-10,12,17H,3-4,11H2,1-2H3. The minimum atomic E-state index is 0.0270. The molecule has 0 atom stereocenters. The molecule has 0 unspecified atom stereocenters. The molecule has 0 aliphatic carbocycles. The molecule has 2 aromatic rings. The van der Waals surface area contributed by atoms with Crippen molar-refractivity contribution >= 4 is 5.69 Å². The van der Waals surface area contributed by atoms with Crippen LogP contribution in [0.5, 0.6) is 5.75 Å². The van der Waals surface area contributed by atoms with Crippen LogP contribution in [0.15, 0.2) is 47.4 Å². The van der Waals surface area contributed by atoms with Crippen LogP contribution in [0.25, 0.3) is 0 Å². The number of ether oxygens (including phenoxy) is 1. The highest BCUT2D eigenvalue weighted by Gasteiger charge is 1.98. The van der Waals surface area contributed by atoms with Crippen LogP contribution in [0.2, 0.25) is 0 Å². The van der Waals surface area contributed by atoms with Crippen LogP contribution in [0.3, 0.4) is 0 Å². The second-order valence-electron chi connectivity index (χ2n) is 4.47. The van der Waals surface area contributed by atoms with Gasteiger partial charge in [-0.2, -0.15) is 0 Å². The van der Waals surface area contributed by atoms with Gasteiger partial charge in [-0.15, -0.1) is 0 Å². The molecule has 0 radical (unpaired) electrons. The van der Waals surface area contributed by atoms with Crippen molar-refractivity contribution in [2.75, 3.05) is 11.9 Å². The molecule has 0 amide bonds. The van der Waals surface area contributed by atoms with E-state index < -0.39 is 0 Å². The summed E-state index contributed by atoms with van der Waals surface area (Å²) in [5.74, 6) is 0.885. The zero-order valence-electron chi connectivity index (χ0n) is 11.9. The number of nitrogens with zero attached hydrogens (tertiary/aromatic N) is 1. The molecule has 0 fully saturated rings. The molecular formula is C16H20N2O2. The third-order valence-corrected chi connectivity index (χ3v) is 3.06. The molecule has 1 aromatic heterocycles. The van der Waals surface area contributed by atoms with Crippen molar-refractivity contribution in [3.63, 3.8) is 0 Å². The highest BCUT2D eigenvalue weighted by molar-refractivity contribution is 5.41. The zero-order valence-corrected chi connectivity index (χ0v) is 11.9. The number of aromatic nitrogens is 1. The molecule has 0 bridgehead atoms. The van der Waals surface area contributed by atoms with Crippen LogP contribution in [0.4, 0.5) is 5.69 Å². The van der Waals surface area contributed by atoms with Gasteiger partial charge in [-0.05, 0) is 37.6 Å². The molecule has 4 heteroatoms. The summed E-state index contributed by atoms with van der Waals surface area (Å²) in [5, 5.41) is 3.31. The summed E-state index contributed by atoms with van der Waals surface area (Å²) in [5.41, 5.74) is 2.14. The number of rotatable bonds is 6. The van der Waals surface area contributed by atoms with Gasteiger partial charge in [0.15, 0.2) is 0 Å². The normalized spacial score (nSPS) is 10.3. The molecule has 0 saturated heterocycles. The number of anilines is 1. The van der Waals surface area contributed by atoms with E-state index in [4.69, 9.17) is 4.74 Å². The third kappa shape index (κ3) is 3.63. The fourth-order valence-corrected chi connectivity index (χ4v) is 1.96. The number of hydrogen-bond donors (Lipinski definition) is 1. The van der Waals surface area contributed by atoms with E-state index in [1.165, 1.54) is 5.56 Å². The summed E-state index contributed by atoms with van der Waals surface area (Å²) in [6.45, 7) is 6.00. The van der Waals surface area contributed by atoms with Gasteiger partial charge < -0.3 is 14.6 Å². The Labute approximate surface area is 119 Å². The van der Waals surface area contributed by atoms with E-state index in [0.29, 0.717) is 19.7 Å². The Balaban J connectivity index is 1.99.